The van der Waals surface area contributed by atoms with Crippen molar-refractivity contribution in [1.82, 2.24) is 10.2 Å². The highest BCUT2D eigenvalue weighted by Crippen LogP contribution is 2.54. The normalized spacial score (nSPS) is 34.1. The predicted molar refractivity (Wildman–Crippen MR) is 115 cm³/mol. The quantitative estimate of drug-likeness (QED) is 0.498. The van der Waals surface area contributed by atoms with Gasteiger partial charge in [0.2, 0.25) is 17.7 Å². The molecule has 1 aromatic carbocycles. The van der Waals surface area contributed by atoms with Gasteiger partial charge in [-0.25, -0.2) is 0 Å². The van der Waals surface area contributed by atoms with Crippen LogP contribution in [0.15, 0.2) is 12.1 Å². The molecule has 3 fully saturated rings. The lowest BCUT2D eigenvalue weighted by Gasteiger charge is -2.32. The molecular formula is C24H31N3O4. The number of aryl methyl sites for hydroxylation is 2. The molecule has 3 heterocycles. The fourth-order valence-corrected chi connectivity index (χ4v) is 6.50. The van der Waals surface area contributed by atoms with Crippen molar-refractivity contribution in [3.8, 4) is 0 Å². The summed E-state index contributed by atoms with van der Waals surface area (Å²) in [6.07, 6.45) is 5.01. The number of imide groups is 1. The van der Waals surface area contributed by atoms with Gasteiger partial charge in [0.05, 0.1) is 17.9 Å². The van der Waals surface area contributed by atoms with Crippen molar-refractivity contribution >= 4 is 23.4 Å². The summed E-state index contributed by atoms with van der Waals surface area (Å²) in [7, 11) is 0. The van der Waals surface area contributed by atoms with Crippen molar-refractivity contribution in [1.29, 1.82) is 0 Å². The number of aliphatic hydroxyl groups excluding tert-OH is 1. The van der Waals surface area contributed by atoms with E-state index in [2.05, 4.69) is 10.6 Å². The van der Waals surface area contributed by atoms with Gasteiger partial charge in [-0.2, -0.15) is 0 Å². The molecular weight excluding hydrogens is 394 g/mol. The van der Waals surface area contributed by atoms with Gasteiger partial charge in [0, 0.05) is 23.3 Å². The van der Waals surface area contributed by atoms with Gasteiger partial charge in [0.1, 0.15) is 5.54 Å². The standard InChI is InChI=1S/C24H31N3O4/c1-12-10-13(2)19-16(11-12)24(23(31)25-19)18-17(20(26-24)14(3)28)21(29)27(22(18)30)15-8-6-4-5-7-9-15/h10-11,14-15,17-18,20,26,28H,4-9H2,1-3H3,(H,25,31)/t14-,17-,18-,20+,24+/m0/s1. The lowest BCUT2D eigenvalue weighted by Crippen LogP contribution is -2.55. The second-order valence-electron chi connectivity index (χ2n) is 9.87. The predicted octanol–water partition coefficient (Wildman–Crippen LogP) is 2.13. The van der Waals surface area contributed by atoms with E-state index in [9.17, 15) is 19.5 Å². The number of fused-ring (bicyclic) bond motifs is 4. The number of aliphatic hydroxyl groups is 1. The van der Waals surface area contributed by atoms with Gasteiger partial charge in [0.15, 0.2) is 0 Å². The van der Waals surface area contributed by atoms with Crippen LogP contribution in [0.3, 0.4) is 0 Å². The van der Waals surface area contributed by atoms with Gasteiger partial charge >= 0.3 is 0 Å². The first kappa shape index (κ1) is 20.6. The highest BCUT2D eigenvalue weighted by Gasteiger charge is 2.71. The van der Waals surface area contributed by atoms with Gasteiger partial charge in [-0.15, -0.1) is 0 Å². The maximum absolute atomic E-state index is 13.9. The van der Waals surface area contributed by atoms with Crippen molar-refractivity contribution in [2.24, 2.45) is 11.8 Å². The fourth-order valence-electron chi connectivity index (χ4n) is 6.50. The van der Waals surface area contributed by atoms with E-state index in [1.165, 1.54) is 4.90 Å². The molecule has 166 valence electrons. The van der Waals surface area contributed by atoms with Crippen LogP contribution < -0.4 is 10.6 Å². The molecule has 5 atom stereocenters. The minimum atomic E-state index is -1.33. The van der Waals surface area contributed by atoms with Crippen LogP contribution in [0, 0.1) is 25.7 Å². The van der Waals surface area contributed by atoms with Crippen LogP contribution in [0.4, 0.5) is 5.69 Å². The van der Waals surface area contributed by atoms with Gasteiger partial charge in [0.25, 0.3) is 0 Å². The van der Waals surface area contributed by atoms with Gasteiger partial charge in [-0.3, -0.25) is 24.6 Å². The molecule has 1 aliphatic carbocycles. The van der Waals surface area contributed by atoms with Gasteiger partial charge < -0.3 is 10.4 Å². The molecule has 0 bridgehead atoms. The number of hydrogen-bond donors (Lipinski definition) is 3. The Morgan fingerprint density at radius 3 is 2.39 bits per heavy atom. The van der Waals surface area contributed by atoms with Crippen LogP contribution in [0.5, 0.6) is 0 Å². The Hall–Kier alpha value is -2.25. The van der Waals surface area contributed by atoms with E-state index in [1.54, 1.807) is 6.92 Å². The highest BCUT2D eigenvalue weighted by molar-refractivity contribution is 6.15. The Labute approximate surface area is 182 Å². The molecule has 0 aromatic heterocycles. The molecule has 0 radical (unpaired) electrons. The average Bonchev–Trinajstić information content (AvgIpc) is 3.18. The van der Waals surface area contributed by atoms with E-state index in [0.29, 0.717) is 5.69 Å². The molecule has 1 saturated carbocycles. The zero-order valence-electron chi connectivity index (χ0n) is 18.4. The van der Waals surface area contributed by atoms with E-state index in [1.807, 2.05) is 26.0 Å². The summed E-state index contributed by atoms with van der Waals surface area (Å²) in [5.41, 5.74) is 2.02. The smallest absolute Gasteiger partial charge is 0.250 e. The highest BCUT2D eigenvalue weighted by atomic mass is 16.3. The number of rotatable bonds is 2. The molecule has 1 aromatic rings. The Kier molecular flexibility index (Phi) is 4.75. The summed E-state index contributed by atoms with van der Waals surface area (Å²) in [5.74, 6) is -2.39. The van der Waals surface area contributed by atoms with E-state index < -0.39 is 29.5 Å². The summed E-state index contributed by atoms with van der Waals surface area (Å²) in [5, 5.41) is 16.8. The third-order valence-corrected chi connectivity index (χ3v) is 7.84. The minimum absolute atomic E-state index is 0.108. The molecule has 7 heteroatoms. The maximum Gasteiger partial charge on any atom is 0.250 e. The third kappa shape index (κ3) is 2.75. The number of nitrogens with one attached hydrogen (secondary N) is 2. The zero-order valence-corrected chi connectivity index (χ0v) is 18.4. The zero-order chi connectivity index (χ0) is 22.1. The minimum Gasteiger partial charge on any atom is -0.392 e. The molecule has 3 N–H and O–H groups in total. The van der Waals surface area contributed by atoms with Crippen molar-refractivity contribution in [2.45, 2.75) is 83.0 Å². The van der Waals surface area contributed by atoms with Crippen molar-refractivity contribution in [3.05, 3.63) is 28.8 Å². The van der Waals surface area contributed by atoms with Crippen LogP contribution in [0.2, 0.25) is 0 Å². The van der Waals surface area contributed by atoms with Crippen molar-refractivity contribution < 1.29 is 19.5 Å². The van der Waals surface area contributed by atoms with E-state index in [-0.39, 0.29) is 23.8 Å². The first-order valence-corrected chi connectivity index (χ1v) is 11.5. The summed E-state index contributed by atoms with van der Waals surface area (Å²) in [4.78, 5) is 42.5. The third-order valence-electron chi connectivity index (χ3n) is 7.84. The largest absolute Gasteiger partial charge is 0.392 e. The molecule has 3 amide bonds. The van der Waals surface area contributed by atoms with E-state index in [0.717, 1.165) is 55.2 Å². The molecule has 7 nitrogen and oxygen atoms in total. The van der Waals surface area contributed by atoms with E-state index >= 15 is 0 Å². The first-order chi connectivity index (χ1) is 14.8. The summed E-state index contributed by atoms with van der Waals surface area (Å²) in [6, 6.07) is 3.16. The van der Waals surface area contributed by atoms with Crippen molar-refractivity contribution in [3.63, 3.8) is 0 Å². The summed E-state index contributed by atoms with van der Waals surface area (Å²) < 4.78 is 0. The number of nitrogens with zero attached hydrogens (tertiary/aromatic N) is 1. The van der Waals surface area contributed by atoms with Gasteiger partial charge in [-0.05, 0) is 39.2 Å². The number of likely N-dealkylation sites (tertiary alicyclic amines) is 1. The molecule has 5 rings (SSSR count). The second kappa shape index (κ2) is 7.14. The lowest BCUT2D eigenvalue weighted by molar-refractivity contribution is -0.146. The first-order valence-electron chi connectivity index (χ1n) is 11.5. The molecule has 4 aliphatic rings. The maximum atomic E-state index is 13.9. The second-order valence-corrected chi connectivity index (χ2v) is 9.87. The van der Waals surface area contributed by atoms with Crippen LogP contribution in [0.1, 0.15) is 62.1 Å². The topological polar surface area (TPSA) is 98.7 Å². The lowest BCUT2D eigenvalue weighted by atomic mass is 9.75. The summed E-state index contributed by atoms with van der Waals surface area (Å²) >= 11 is 0. The van der Waals surface area contributed by atoms with Crippen LogP contribution in [-0.2, 0) is 19.9 Å². The molecule has 31 heavy (non-hydrogen) atoms. The van der Waals surface area contributed by atoms with Crippen molar-refractivity contribution in [2.75, 3.05) is 5.32 Å². The molecule has 3 aliphatic heterocycles. The average molecular weight is 426 g/mol. The summed E-state index contributed by atoms with van der Waals surface area (Å²) in [6.45, 7) is 5.51. The molecule has 0 unspecified atom stereocenters. The van der Waals surface area contributed by atoms with Crippen LogP contribution in [-0.4, -0.2) is 45.9 Å². The number of carbonyl (C=O) groups excluding carboxylic acids is 3. The monoisotopic (exact) mass is 425 g/mol. The number of anilines is 1. The Morgan fingerprint density at radius 1 is 1.06 bits per heavy atom. The molecule has 2 saturated heterocycles. The molecule has 1 spiro atoms. The number of amides is 3. The number of carbonyl (C=O) groups is 3. The Morgan fingerprint density at radius 2 is 1.74 bits per heavy atom. The SMILES string of the molecule is Cc1cc(C)c2c(c1)[C@]1(N[C@H]([C@H](C)O)[C@H]3C(=O)N(C4CCCCCC4)C(=O)[C@H]31)C(=O)N2. The van der Waals surface area contributed by atoms with Crippen LogP contribution in [0.25, 0.3) is 0 Å². The van der Waals surface area contributed by atoms with Crippen LogP contribution >= 0.6 is 0 Å². The fraction of sp³-hybridized carbons (Fsp3) is 0.625. The Bertz CT molecular complexity index is 966. The Balaban J connectivity index is 1.65. The number of hydrogen-bond acceptors (Lipinski definition) is 5. The van der Waals surface area contributed by atoms with Gasteiger partial charge in [-0.1, -0.05) is 43.4 Å². The van der Waals surface area contributed by atoms with E-state index in [4.69, 9.17) is 0 Å². The number of benzene rings is 1.